The quantitative estimate of drug-likeness (QED) is 0.817. The predicted octanol–water partition coefficient (Wildman–Crippen LogP) is 5.12. The number of benzene rings is 2. The number of nitrogens with two attached hydrogens (primary N) is 1. The van der Waals surface area contributed by atoms with Gasteiger partial charge < -0.3 is 10.5 Å². The Hall–Kier alpha value is -0.930. The summed E-state index contributed by atoms with van der Waals surface area (Å²) in [6.07, 6.45) is 0.656. The molecule has 0 heterocycles. The summed E-state index contributed by atoms with van der Waals surface area (Å²) >= 11 is 18.2. The van der Waals surface area contributed by atoms with E-state index in [1.807, 2.05) is 31.2 Å². The van der Waals surface area contributed by atoms with Crippen molar-refractivity contribution in [2.75, 3.05) is 0 Å². The highest BCUT2D eigenvalue weighted by atomic mass is 35.5. The Morgan fingerprint density at radius 2 is 1.86 bits per heavy atom. The molecule has 0 radical (unpaired) electrons. The maximum Gasteiger partial charge on any atom is 0.124 e. The van der Waals surface area contributed by atoms with Crippen LogP contribution in [0.25, 0.3) is 0 Å². The van der Waals surface area contributed by atoms with Gasteiger partial charge in [-0.1, -0.05) is 46.9 Å². The van der Waals surface area contributed by atoms with Crippen molar-refractivity contribution in [3.8, 4) is 5.75 Å². The molecular weight excluding hydrogens is 329 g/mol. The van der Waals surface area contributed by atoms with Crippen LogP contribution in [0.3, 0.4) is 0 Å². The molecule has 112 valence electrons. The van der Waals surface area contributed by atoms with Crippen molar-refractivity contribution < 1.29 is 4.74 Å². The Bertz CT molecular complexity index is 629. The lowest BCUT2D eigenvalue weighted by Gasteiger charge is -2.15. The Morgan fingerprint density at radius 3 is 2.52 bits per heavy atom. The minimum atomic E-state index is 0.00590. The van der Waals surface area contributed by atoms with E-state index < -0.39 is 0 Å². The molecule has 2 aromatic carbocycles. The summed E-state index contributed by atoms with van der Waals surface area (Å²) in [5.41, 5.74) is 7.64. The van der Waals surface area contributed by atoms with Crippen LogP contribution in [0.15, 0.2) is 36.4 Å². The highest BCUT2D eigenvalue weighted by Gasteiger charge is 2.11. The Morgan fingerprint density at radius 1 is 1.10 bits per heavy atom. The van der Waals surface area contributed by atoms with Gasteiger partial charge in [0.2, 0.25) is 0 Å². The van der Waals surface area contributed by atoms with E-state index in [1.165, 1.54) is 0 Å². The lowest BCUT2D eigenvalue weighted by Crippen LogP contribution is -2.18. The number of rotatable bonds is 5. The first-order valence-electron chi connectivity index (χ1n) is 6.57. The molecule has 0 spiro atoms. The number of halogens is 3. The molecule has 0 saturated carbocycles. The van der Waals surface area contributed by atoms with Gasteiger partial charge in [-0.3, -0.25) is 0 Å². The van der Waals surface area contributed by atoms with Gasteiger partial charge in [-0.05, 0) is 37.6 Å². The molecule has 2 aromatic rings. The summed E-state index contributed by atoms with van der Waals surface area (Å²) in [4.78, 5) is 0. The van der Waals surface area contributed by atoms with Gasteiger partial charge in [0, 0.05) is 32.2 Å². The average Bonchev–Trinajstić information content (AvgIpc) is 2.40. The number of ether oxygens (including phenoxy) is 1. The lowest BCUT2D eigenvalue weighted by molar-refractivity contribution is 0.302. The largest absolute Gasteiger partial charge is 0.489 e. The predicted molar refractivity (Wildman–Crippen MR) is 89.6 cm³/mol. The summed E-state index contributed by atoms with van der Waals surface area (Å²) in [5, 5.41) is 1.84. The van der Waals surface area contributed by atoms with E-state index in [2.05, 4.69) is 0 Å². The van der Waals surface area contributed by atoms with E-state index >= 15 is 0 Å². The van der Waals surface area contributed by atoms with Gasteiger partial charge in [0.1, 0.15) is 12.4 Å². The maximum atomic E-state index is 6.23. The third-order valence-corrected chi connectivity index (χ3v) is 3.94. The van der Waals surface area contributed by atoms with E-state index in [0.717, 1.165) is 16.9 Å². The number of hydrogen-bond acceptors (Lipinski definition) is 2. The number of hydrogen-bond donors (Lipinski definition) is 1. The fourth-order valence-electron chi connectivity index (χ4n) is 1.99. The monoisotopic (exact) mass is 343 g/mol. The zero-order valence-electron chi connectivity index (χ0n) is 11.6. The lowest BCUT2D eigenvalue weighted by atomic mass is 10.1. The molecule has 2 rings (SSSR count). The molecule has 1 atom stereocenters. The van der Waals surface area contributed by atoms with Crippen molar-refractivity contribution in [1.29, 1.82) is 0 Å². The molecule has 0 aliphatic heterocycles. The first kappa shape index (κ1) is 16.4. The molecule has 0 aromatic heterocycles. The molecule has 1 unspecified atom stereocenters. The summed E-state index contributed by atoms with van der Waals surface area (Å²) in [5.74, 6) is 0.728. The fraction of sp³-hybridized carbons (Fsp3) is 0.250. The highest BCUT2D eigenvalue weighted by Crippen LogP contribution is 2.29. The van der Waals surface area contributed by atoms with Crippen molar-refractivity contribution in [2.45, 2.75) is 26.0 Å². The van der Waals surface area contributed by atoms with Crippen molar-refractivity contribution in [3.05, 3.63) is 62.6 Å². The standard InChI is InChI=1S/C16H16Cl3NO/c1-10(20)7-13-14(18)3-2-4-16(13)21-9-11-5-6-12(17)8-15(11)19/h2-6,8,10H,7,9,20H2,1H3. The second-order valence-corrected chi connectivity index (χ2v) is 6.17. The van der Waals surface area contributed by atoms with Crippen LogP contribution in [-0.2, 0) is 13.0 Å². The smallest absolute Gasteiger partial charge is 0.124 e. The molecule has 0 saturated heterocycles. The van der Waals surface area contributed by atoms with E-state index in [4.69, 9.17) is 45.3 Å². The Balaban J connectivity index is 2.18. The molecule has 0 aliphatic carbocycles. The summed E-state index contributed by atoms with van der Waals surface area (Å²) in [6.45, 7) is 2.28. The molecule has 0 bridgehead atoms. The van der Waals surface area contributed by atoms with E-state index in [9.17, 15) is 0 Å². The van der Waals surface area contributed by atoms with Gasteiger partial charge in [0.25, 0.3) is 0 Å². The molecule has 2 nitrogen and oxygen atoms in total. The van der Waals surface area contributed by atoms with Crippen molar-refractivity contribution in [3.63, 3.8) is 0 Å². The second kappa shape index (κ2) is 7.37. The van der Waals surface area contributed by atoms with Crippen molar-refractivity contribution in [2.24, 2.45) is 5.73 Å². The zero-order valence-corrected chi connectivity index (χ0v) is 13.8. The van der Waals surface area contributed by atoms with Crippen LogP contribution in [0.4, 0.5) is 0 Å². The molecule has 21 heavy (non-hydrogen) atoms. The van der Waals surface area contributed by atoms with Crippen molar-refractivity contribution in [1.82, 2.24) is 0 Å². The average molecular weight is 345 g/mol. The fourth-order valence-corrected chi connectivity index (χ4v) is 2.69. The molecule has 5 heteroatoms. The first-order chi connectivity index (χ1) is 9.97. The molecule has 0 aliphatic rings. The van der Waals surface area contributed by atoms with Crippen LogP contribution in [0, 0.1) is 0 Å². The maximum absolute atomic E-state index is 6.23. The van der Waals surface area contributed by atoms with Gasteiger partial charge >= 0.3 is 0 Å². The minimum Gasteiger partial charge on any atom is -0.489 e. The van der Waals surface area contributed by atoms with Gasteiger partial charge in [-0.25, -0.2) is 0 Å². The van der Waals surface area contributed by atoms with Crippen LogP contribution in [0.5, 0.6) is 5.75 Å². The van der Waals surface area contributed by atoms with Gasteiger partial charge in [0.05, 0.1) is 0 Å². The van der Waals surface area contributed by atoms with E-state index in [1.54, 1.807) is 12.1 Å². The summed E-state index contributed by atoms with van der Waals surface area (Å²) < 4.78 is 5.86. The Labute approximate surface area is 139 Å². The molecular formula is C16H16Cl3NO. The normalized spacial score (nSPS) is 12.2. The van der Waals surface area contributed by atoms with Crippen LogP contribution < -0.4 is 10.5 Å². The SMILES string of the molecule is CC(N)Cc1c(Cl)cccc1OCc1ccc(Cl)cc1Cl. The summed E-state index contributed by atoms with van der Waals surface area (Å²) in [6, 6.07) is 10.9. The van der Waals surface area contributed by atoms with E-state index in [0.29, 0.717) is 28.1 Å². The van der Waals surface area contributed by atoms with Crippen LogP contribution >= 0.6 is 34.8 Å². The van der Waals surface area contributed by atoms with Crippen molar-refractivity contribution >= 4 is 34.8 Å². The summed E-state index contributed by atoms with van der Waals surface area (Å²) in [7, 11) is 0. The second-order valence-electron chi connectivity index (χ2n) is 4.92. The van der Waals surface area contributed by atoms with Gasteiger partial charge in [-0.2, -0.15) is 0 Å². The van der Waals surface area contributed by atoms with Crippen LogP contribution in [0.1, 0.15) is 18.1 Å². The minimum absolute atomic E-state index is 0.00590. The molecule has 2 N–H and O–H groups in total. The van der Waals surface area contributed by atoms with Gasteiger partial charge in [-0.15, -0.1) is 0 Å². The third-order valence-electron chi connectivity index (χ3n) is 3.00. The molecule has 0 amide bonds. The molecule has 0 fully saturated rings. The Kier molecular flexibility index (Phi) is 5.77. The third kappa shape index (κ3) is 4.52. The topological polar surface area (TPSA) is 35.2 Å². The van der Waals surface area contributed by atoms with Crippen LogP contribution in [-0.4, -0.2) is 6.04 Å². The van der Waals surface area contributed by atoms with E-state index in [-0.39, 0.29) is 6.04 Å². The highest BCUT2D eigenvalue weighted by molar-refractivity contribution is 6.35. The zero-order chi connectivity index (χ0) is 15.4. The van der Waals surface area contributed by atoms with Gasteiger partial charge in [0.15, 0.2) is 0 Å². The van der Waals surface area contributed by atoms with Crippen LogP contribution in [0.2, 0.25) is 15.1 Å². The first-order valence-corrected chi connectivity index (χ1v) is 7.70.